The monoisotopic (exact) mass is 238 g/mol. The van der Waals surface area contributed by atoms with Crippen LogP contribution in [0, 0.1) is 0 Å². The fraction of sp³-hybridized carbons (Fsp3) is 0.636. The summed E-state index contributed by atoms with van der Waals surface area (Å²) in [4.78, 5) is 13.8. The minimum Gasteiger partial charge on any atom is -0.382 e. The number of aromatic nitrogens is 2. The summed E-state index contributed by atoms with van der Waals surface area (Å²) in [5.41, 5.74) is 5.50. The first-order chi connectivity index (χ1) is 8.19. The van der Waals surface area contributed by atoms with Crippen molar-refractivity contribution in [2.24, 2.45) is 0 Å². The average molecular weight is 238 g/mol. The van der Waals surface area contributed by atoms with Crippen LogP contribution in [0.2, 0.25) is 0 Å². The van der Waals surface area contributed by atoms with Gasteiger partial charge in [-0.2, -0.15) is 5.10 Å². The Balaban J connectivity index is 1.91. The molecule has 1 unspecified atom stereocenters. The number of hydrogen-bond acceptors (Lipinski definition) is 4. The van der Waals surface area contributed by atoms with Crippen LogP contribution in [0.4, 0.5) is 5.82 Å². The summed E-state index contributed by atoms with van der Waals surface area (Å²) in [6, 6.07) is 1.68. The van der Waals surface area contributed by atoms with Crippen LogP contribution in [0.1, 0.15) is 12.8 Å². The second-order valence-corrected chi connectivity index (χ2v) is 4.28. The van der Waals surface area contributed by atoms with Gasteiger partial charge in [-0.3, -0.25) is 9.48 Å². The van der Waals surface area contributed by atoms with E-state index in [0.29, 0.717) is 12.4 Å². The van der Waals surface area contributed by atoms with E-state index in [9.17, 15) is 4.79 Å². The molecule has 0 spiro atoms. The number of anilines is 1. The molecule has 1 saturated heterocycles. The van der Waals surface area contributed by atoms with Crippen LogP contribution in [0.15, 0.2) is 12.3 Å². The lowest BCUT2D eigenvalue weighted by Crippen LogP contribution is -2.44. The number of carbonyl (C=O) groups excluding carboxylic acids is 1. The molecule has 1 aromatic heterocycles. The lowest BCUT2D eigenvalue weighted by atomic mass is 10.1. The highest BCUT2D eigenvalue weighted by Crippen LogP contribution is 2.13. The molecule has 94 valence electrons. The highest BCUT2D eigenvalue weighted by atomic mass is 16.5. The summed E-state index contributed by atoms with van der Waals surface area (Å²) < 4.78 is 6.85. The van der Waals surface area contributed by atoms with Gasteiger partial charge in [0.25, 0.3) is 0 Å². The quantitative estimate of drug-likeness (QED) is 0.810. The number of amides is 1. The summed E-state index contributed by atoms with van der Waals surface area (Å²) in [5, 5.41) is 4.00. The first-order valence-corrected chi connectivity index (χ1v) is 5.78. The summed E-state index contributed by atoms with van der Waals surface area (Å²) >= 11 is 0. The Bertz CT molecular complexity index is 391. The van der Waals surface area contributed by atoms with Gasteiger partial charge >= 0.3 is 0 Å². The number of hydrogen-bond donors (Lipinski definition) is 1. The second-order valence-electron chi connectivity index (χ2n) is 4.28. The molecule has 1 atom stereocenters. The second kappa shape index (κ2) is 5.18. The molecule has 2 rings (SSSR count). The molecule has 1 amide bonds. The number of piperidine rings is 1. The molecule has 1 aromatic rings. The summed E-state index contributed by atoms with van der Waals surface area (Å²) in [6.45, 7) is 1.72. The molecular weight excluding hydrogens is 220 g/mol. The number of nitrogen functional groups attached to an aromatic ring is 1. The van der Waals surface area contributed by atoms with E-state index < -0.39 is 0 Å². The van der Waals surface area contributed by atoms with Gasteiger partial charge in [-0.1, -0.05) is 0 Å². The van der Waals surface area contributed by atoms with E-state index in [2.05, 4.69) is 5.10 Å². The third-order valence-electron chi connectivity index (χ3n) is 3.02. The number of nitrogens with zero attached hydrogens (tertiary/aromatic N) is 3. The van der Waals surface area contributed by atoms with Gasteiger partial charge in [0, 0.05) is 26.4 Å². The van der Waals surface area contributed by atoms with Crippen LogP contribution in [0.5, 0.6) is 0 Å². The maximum absolute atomic E-state index is 12.0. The molecule has 0 saturated carbocycles. The highest BCUT2D eigenvalue weighted by molar-refractivity contribution is 5.76. The third kappa shape index (κ3) is 2.97. The summed E-state index contributed by atoms with van der Waals surface area (Å²) in [5.74, 6) is 0.501. The summed E-state index contributed by atoms with van der Waals surface area (Å²) in [7, 11) is 1.69. The van der Waals surface area contributed by atoms with Crippen LogP contribution in [-0.4, -0.2) is 46.9 Å². The lowest BCUT2D eigenvalue weighted by molar-refractivity contribution is -0.135. The van der Waals surface area contributed by atoms with Crippen LogP contribution < -0.4 is 5.73 Å². The number of rotatable bonds is 3. The van der Waals surface area contributed by atoms with Gasteiger partial charge in [0.1, 0.15) is 12.4 Å². The number of ether oxygens (including phenoxy) is 1. The van der Waals surface area contributed by atoms with Gasteiger partial charge in [-0.05, 0) is 18.9 Å². The smallest absolute Gasteiger partial charge is 0.244 e. The van der Waals surface area contributed by atoms with Crippen LogP contribution >= 0.6 is 0 Å². The Morgan fingerprint density at radius 2 is 2.53 bits per heavy atom. The van der Waals surface area contributed by atoms with Crippen molar-refractivity contribution >= 4 is 11.7 Å². The molecule has 1 fully saturated rings. The van der Waals surface area contributed by atoms with Crippen LogP contribution in [0.25, 0.3) is 0 Å². The van der Waals surface area contributed by atoms with Crippen molar-refractivity contribution in [2.75, 3.05) is 25.9 Å². The molecule has 1 aliphatic heterocycles. The van der Waals surface area contributed by atoms with Crippen molar-refractivity contribution < 1.29 is 9.53 Å². The van der Waals surface area contributed by atoms with E-state index in [1.165, 1.54) is 0 Å². The van der Waals surface area contributed by atoms with Gasteiger partial charge in [-0.25, -0.2) is 0 Å². The fourth-order valence-electron chi connectivity index (χ4n) is 2.06. The summed E-state index contributed by atoms with van der Waals surface area (Å²) in [6.07, 6.45) is 3.89. The van der Waals surface area contributed by atoms with Gasteiger partial charge in [0.2, 0.25) is 5.91 Å². The number of likely N-dealkylation sites (tertiary alicyclic amines) is 1. The maximum atomic E-state index is 12.0. The van der Waals surface area contributed by atoms with E-state index in [4.69, 9.17) is 10.5 Å². The van der Waals surface area contributed by atoms with Crippen molar-refractivity contribution in [3.63, 3.8) is 0 Å². The van der Waals surface area contributed by atoms with Crippen molar-refractivity contribution in [3.05, 3.63) is 12.3 Å². The standard InChI is InChI=1S/C11H18N4O2/c1-17-9-3-2-5-14(7-9)11(16)8-15-6-4-10(12)13-15/h4,6,9H,2-3,5,7-8H2,1H3,(H2,12,13). The number of methoxy groups -OCH3 is 1. The minimum atomic E-state index is 0.0647. The van der Waals surface area contributed by atoms with Gasteiger partial charge in [0.15, 0.2) is 0 Å². The molecule has 0 aliphatic carbocycles. The van der Waals surface area contributed by atoms with E-state index in [1.807, 2.05) is 4.90 Å². The molecular formula is C11H18N4O2. The SMILES string of the molecule is COC1CCCN(C(=O)Cn2ccc(N)n2)C1. The minimum absolute atomic E-state index is 0.0647. The Morgan fingerprint density at radius 1 is 1.71 bits per heavy atom. The molecule has 6 nitrogen and oxygen atoms in total. The zero-order chi connectivity index (χ0) is 12.3. The molecule has 2 heterocycles. The van der Waals surface area contributed by atoms with Crippen LogP contribution in [0.3, 0.4) is 0 Å². The van der Waals surface area contributed by atoms with E-state index in [-0.39, 0.29) is 18.6 Å². The molecule has 2 N–H and O–H groups in total. The Labute approximate surface area is 100 Å². The first-order valence-electron chi connectivity index (χ1n) is 5.78. The maximum Gasteiger partial charge on any atom is 0.244 e. The first kappa shape index (κ1) is 11.9. The van der Waals surface area contributed by atoms with Crippen molar-refractivity contribution in [1.29, 1.82) is 0 Å². The fourth-order valence-corrected chi connectivity index (χ4v) is 2.06. The molecule has 0 bridgehead atoms. The van der Waals surface area contributed by atoms with Crippen molar-refractivity contribution in [1.82, 2.24) is 14.7 Å². The van der Waals surface area contributed by atoms with Gasteiger partial charge in [-0.15, -0.1) is 0 Å². The van der Waals surface area contributed by atoms with Crippen molar-refractivity contribution in [3.8, 4) is 0 Å². The lowest BCUT2D eigenvalue weighted by Gasteiger charge is -2.31. The van der Waals surface area contributed by atoms with Gasteiger partial charge < -0.3 is 15.4 Å². The Kier molecular flexibility index (Phi) is 3.63. The zero-order valence-electron chi connectivity index (χ0n) is 10.0. The average Bonchev–Trinajstić information content (AvgIpc) is 2.75. The van der Waals surface area contributed by atoms with E-state index in [1.54, 1.807) is 24.1 Å². The topological polar surface area (TPSA) is 73.4 Å². The van der Waals surface area contributed by atoms with E-state index in [0.717, 1.165) is 19.4 Å². The molecule has 0 radical (unpaired) electrons. The normalized spacial score (nSPS) is 20.5. The predicted octanol–water partition coefficient (Wildman–Crippen LogP) is 0.103. The molecule has 6 heteroatoms. The largest absolute Gasteiger partial charge is 0.382 e. The Hall–Kier alpha value is -1.56. The molecule has 17 heavy (non-hydrogen) atoms. The zero-order valence-corrected chi connectivity index (χ0v) is 10.0. The Morgan fingerprint density at radius 3 is 3.18 bits per heavy atom. The predicted molar refractivity (Wildman–Crippen MR) is 63.3 cm³/mol. The van der Waals surface area contributed by atoms with Crippen molar-refractivity contribution in [2.45, 2.75) is 25.5 Å². The molecule has 0 aromatic carbocycles. The highest BCUT2D eigenvalue weighted by Gasteiger charge is 2.23. The number of carbonyl (C=O) groups is 1. The number of nitrogens with two attached hydrogens (primary N) is 1. The van der Waals surface area contributed by atoms with Gasteiger partial charge in [0.05, 0.1) is 6.10 Å². The third-order valence-corrected chi connectivity index (χ3v) is 3.02. The van der Waals surface area contributed by atoms with E-state index >= 15 is 0 Å². The van der Waals surface area contributed by atoms with Crippen LogP contribution in [-0.2, 0) is 16.1 Å². The molecule has 1 aliphatic rings.